The summed E-state index contributed by atoms with van der Waals surface area (Å²) in [5.74, 6) is 0.346. The summed E-state index contributed by atoms with van der Waals surface area (Å²) in [4.78, 5) is 11.9. The standard InChI is InChI=1S/C15H32NO2P/c1-9-12(4)19(15(5,6)7)16-13(10-11(2)3)14(17)18-8/h11-13,16H,9-10H2,1-8H3/t12?,13-,19?/m1/s1. The topological polar surface area (TPSA) is 38.3 Å². The molecule has 3 nitrogen and oxygen atoms in total. The zero-order chi connectivity index (χ0) is 15.2. The van der Waals surface area contributed by atoms with Crippen molar-refractivity contribution >= 4 is 14.0 Å². The van der Waals surface area contributed by atoms with Gasteiger partial charge in [0, 0.05) is 0 Å². The van der Waals surface area contributed by atoms with Crippen molar-refractivity contribution < 1.29 is 9.53 Å². The van der Waals surface area contributed by atoms with E-state index in [1.807, 2.05) is 0 Å². The normalized spacial score (nSPS) is 17.1. The highest BCUT2D eigenvalue weighted by Gasteiger charge is 2.33. The number of ether oxygens (including phenoxy) is 1. The first-order chi connectivity index (χ1) is 8.63. The van der Waals surface area contributed by atoms with Gasteiger partial charge in [0.05, 0.1) is 7.11 Å². The first-order valence-corrected chi connectivity index (χ1v) is 8.67. The Kier molecular flexibility index (Phi) is 8.15. The Bertz CT molecular complexity index is 274. The molecule has 0 fully saturated rings. The number of rotatable bonds is 7. The molecule has 0 heterocycles. The molecule has 0 aromatic carbocycles. The van der Waals surface area contributed by atoms with Gasteiger partial charge in [0.1, 0.15) is 6.04 Å². The lowest BCUT2D eigenvalue weighted by molar-refractivity contribution is -0.143. The molecule has 0 aliphatic rings. The Labute approximate surface area is 120 Å². The number of methoxy groups -OCH3 is 1. The van der Waals surface area contributed by atoms with Crippen LogP contribution in [0.3, 0.4) is 0 Å². The fraction of sp³-hybridized carbons (Fsp3) is 0.933. The maximum Gasteiger partial charge on any atom is 0.323 e. The molecule has 3 atom stereocenters. The highest BCUT2D eigenvalue weighted by Crippen LogP contribution is 2.51. The second-order valence-electron chi connectivity index (χ2n) is 6.63. The zero-order valence-corrected chi connectivity index (χ0v) is 14.8. The lowest BCUT2D eigenvalue weighted by Crippen LogP contribution is -2.40. The smallest absolute Gasteiger partial charge is 0.323 e. The number of carbonyl (C=O) groups is 1. The quantitative estimate of drug-likeness (QED) is 0.565. The van der Waals surface area contributed by atoms with E-state index >= 15 is 0 Å². The molecule has 0 spiro atoms. The van der Waals surface area contributed by atoms with Crippen molar-refractivity contribution in [1.29, 1.82) is 0 Å². The molecule has 0 aromatic heterocycles. The molecule has 0 aliphatic heterocycles. The lowest BCUT2D eigenvalue weighted by atomic mass is 10.1. The van der Waals surface area contributed by atoms with Gasteiger partial charge in [-0.2, -0.15) is 0 Å². The Morgan fingerprint density at radius 3 is 2.11 bits per heavy atom. The lowest BCUT2D eigenvalue weighted by Gasteiger charge is -2.38. The highest BCUT2D eigenvalue weighted by molar-refractivity contribution is 7.58. The van der Waals surface area contributed by atoms with Crippen LogP contribution in [0.5, 0.6) is 0 Å². The van der Waals surface area contributed by atoms with Crippen LogP contribution in [0.15, 0.2) is 0 Å². The molecule has 19 heavy (non-hydrogen) atoms. The van der Waals surface area contributed by atoms with E-state index in [4.69, 9.17) is 4.74 Å². The third kappa shape index (κ3) is 6.72. The summed E-state index contributed by atoms with van der Waals surface area (Å²) in [6, 6.07) is -0.177. The molecule has 1 N–H and O–H groups in total. The summed E-state index contributed by atoms with van der Waals surface area (Å²) < 4.78 is 4.95. The van der Waals surface area contributed by atoms with Gasteiger partial charge in [0.25, 0.3) is 0 Å². The number of nitrogens with one attached hydrogen (secondary N) is 1. The Hall–Kier alpha value is -0.140. The first-order valence-electron chi connectivity index (χ1n) is 7.26. The summed E-state index contributed by atoms with van der Waals surface area (Å²) in [7, 11) is 1.05. The van der Waals surface area contributed by atoms with Gasteiger partial charge in [-0.25, -0.2) is 0 Å². The molecule has 0 bridgehead atoms. The summed E-state index contributed by atoms with van der Waals surface area (Å²) in [5.41, 5.74) is 0.592. The number of hydrogen-bond acceptors (Lipinski definition) is 3. The minimum atomic E-state index is -0.422. The largest absolute Gasteiger partial charge is 0.468 e. The number of hydrogen-bond donors (Lipinski definition) is 1. The highest BCUT2D eigenvalue weighted by atomic mass is 31.1. The van der Waals surface area contributed by atoms with E-state index in [2.05, 4.69) is 53.6 Å². The Morgan fingerprint density at radius 1 is 1.26 bits per heavy atom. The third-order valence-corrected chi connectivity index (χ3v) is 6.52. The van der Waals surface area contributed by atoms with E-state index in [0.29, 0.717) is 11.6 Å². The SMILES string of the molecule is CCC(C)P(N[C@H](CC(C)C)C(=O)OC)C(C)(C)C. The van der Waals surface area contributed by atoms with Crippen LogP contribution >= 0.6 is 8.07 Å². The maximum atomic E-state index is 11.9. The average Bonchev–Trinajstić information content (AvgIpc) is 2.30. The van der Waals surface area contributed by atoms with Gasteiger partial charge >= 0.3 is 5.97 Å². The van der Waals surface area contributed by atoms with E-state index < -0.39 is 8.07 Å². The summed E-state index contributed by atoms with van der Waals surface area (Å²) in [6.45, 7) is 15.5. The van der Waals surface area contributed by atoms with Crippen LogP contribution < -0.4 is 5.09 Å². The minimum Gasteiger partial charge on any atom is -0.468 e. The second-order valence-corrected chi connectivity index (χ2v) is 9.85. The van der Waals surface area contributed by atoms with Gasteiger partial charge in [0.2, 0.25) is 0 Å². The van der Waals surface area contributed by atoms with Gasteiger partial charge in [-0.1, -0.05) is 48.5 Å². The number of carbonyl (C=O) groups excluding carboxylic acids is 1. The van der Waals surface area contributed by atoms with Crippen LogP contribution in [0.1, 0.15) is 61.3 Å². The molecular weight excluding hydrogens is 257 g/mol. The van der Waals surface area contributed by atoms with Crippen LogP contribution in [0.4, 0.5) is 0 Å². The predicted molar refractivity (Wildman–Crippen MR) is 84.8 cm³/mol. The van der Waals surface area contributed by atoms with Crippen molar-refractivity contribution in [3.8, 4) is 0 Å². The van der Waals surface area contributed by atoms with E-state index in [0.717, 1.165) is 12.8 Å². The molecule has 0 aliphatic carbocycles. The molecule has 0 radical (unpaired) electrons. The number of esters is 1. The minimum absolute atomic E-state index is 0.131. The summed E-state index contributed by atoms with van der Waals surface area (Å²) >= 11 is 0. The molecule has 0 rings (SSSR count). The Balaban J connectivity index is 4.98. The van der Waals surface area contributed by atoms with Crippen LogP contribution in [-0.2, 0) is 9.53 Å². The fourth-order valence-corrected chi connectivity index (χ4v) is 5.02. The van der Waals surface area contributed by atoms with E-state index in [1.54, 1.807) is 0 Å². The second kappa shape index (κ2) is 8.21. The molecule has 0 saturated carbocycles. The fourth-order valence-electron chi connectivity index (χ4n) is 2.15. The van der Waals surface area contributed by atoms with Gasteiger partial charge in [-0.15, -0.1) is 0 Å². The first kappa shape index (κ1) is 18.9. The van der Waals surface area contributed by atoms with Crippen LogP contribution in [0.25, 0.3) is 0 Å². The molecule has 4 heteroatoms. The van der Waals surface area contributed by atoms with Crippen molar-refractivity contribution in [2.75, 3.05) is 7.11 Å². The summed E-state index contributed by atoms with van der Waals surface area (Å²) in [6.07, 6.45) is 1.96. The molecule has 0 amide bonds. The monoisotopic (exact) mass is 289 g/mol. The molecule has 114 valence electrons. The van der Waals surface area contributed by atoms with Crippen molar-refractivity contribution in [2.45, 2.75) is 78.2 Å². The van der Waals surface area contributed by atoms with Crippen molar-refractivity contribution in [3.63, 3.8) is 0 Å². The third-order valence-electron chi connectivity index (χ3n) is 3.24. The predicted octanol–water partition coefficient (Wildman–Crippen LogP) is 4.16. The zero-order valence-electron chi connectivity index (χ0n) is 13.9. The Morgan fingerprint density at radius 2 is 1.79 bits per heavy atom. The van der Waals surface area contributed by atoms with Crippen LogP contribution in [0, 0.1) is 5.92 Å². The van der Waals surface area contributed by atoms with Gasteiger partial charge in [-0.3, -0.25) is 9.88 Å². The molecular formula is C15H32NO2P. The van der Waals surface area contributed by atoms with E-state index in [9.17, 15) is 4.79 Å². The molecule has 0 saturated heterocycles. The van der Waals surface area contributed by atoms with E-state index in [1.165, 1.54) is 7.11 Å². The van der Waals surface area contributed by atoms with Crippen molar-refractivity contribution in [1.82, 2.24) is 5.09 Å². The van der Waals surface area contributed by atoms with Crippen LogP contribution in [0.2, 0.25) is 0 Å². The summed E-state index contributed by atoms with van der Waals surface area (Å²) in [5, 5.41) is 3.81. The maximum absolute atomic E-state index is 11.9. The molecule has 2 unspecified atom stereocenters. The van der Waals surface area contributed by atoms with Crippen molar-refractivity contribution in [2.24, 2.45) is 5.92 Å². The van der Waals surface area contributed by atoms with E-state index in [-0.39, 0.29) is 17.2 Å². The van der Waals surface area contributed by atoms with Gasteiger partial charge in [0.15, 0.2) is 0 Å². The average molecular weight is 289 g/mol. The van der Waals surface area contributed by atoms with Crippen LogP contribution in [-0.4, -0.2) is 29.9 Å². The molecule has 0 aromatic rings. The van der Waals surface area contributed by atoms with Gasteiger partial charge in [-0.05, 0) is 37.6 Å². The van der Waals surface area contributed by atoms with Crippen molar-refractivity contribution in [3.05, 3.63) is 0 Å². The van der Waals surface area contributed by atoms with Gasteiger partial charge < -0.3 is 4.74 Å².